The normalized spacial score (nSPS) is 21.4. The number of pyridine rings is 1. The quantitative estimate of drug-likeness (QED) is 0.851. The summed E-state index contributed by atoms with van der Waals surface area (Å²) in [5, 5.41) is 8.92. The Balaban J connectivity index is 1.36. The molecule has 0 N–H and O–H groups in total. The maximum absolute atomic E-state index is 5.39. The molecule has 2 aromatic rings. The number of piperidine rings is 1. The highest BCUT2D eigenvalue weighted by molar-refractivity contribution is 5.39. The summed E-state index contributed by atoms with van der Waals surface area (Å²) in [4.78, 5) is 9.12. The molecule has 4 heterocycles. The fourth-order valence-corrected chi connectivity index (χ4v) is 3.70. The van der Waals surface area contributed by atoms with Gasteiger partial charge >= 0.3 is 0 Å². The summed E-state index contributed by atoms with van der Waals surface area (Å²) in [7, 11) is 0. The Morgan fingerprint density at radius 1 is 0.960 bits per heavy atom. The molecule has 0 radical (unpaired) electrons. The summed E-state index contributed by atoms with van der Waals surface area (Å²) < 4.78 is 5.39. The van der Waals surface area contributed by atoms with Crippen LogP contribution in [0.25, 0.3) is 0 Å². The third-order valence-electron chi connectivity index (χ3n) is 5.03. The monoisotopic (exact) mass is 339 g/mol. The van der Waals surface area contributed by atoms with Gasteiger partial charge in [0.05, 0.1) is 18.9 Å². The second kappa shape index (κ2) is 7.78. The molecule has 4 rings (SSSR count). The van der Waals surface area contributed by atoms with Crippen molar-refractivity contribution in [1.29, 1.82) is 0 Å². The molecule has 2 aliphatic rings. The van der Waals surface area contributed by atoms with E-state index >= 15 is 0 Å². The molecule has 0 amide bonds. The topological polar surface area (TPSA) is 54.4 Å². The average Bonchev–Trinajstić information content (AvgIpc) is 2.70. The molecule has 0 aliphatic carbocycles. The first-order valence-corrected chi connectivity index (χ1v) is 9.20. The molecular weight excluding hydrogens is 314 g/mol. The van der Waals surface area contributed by atoms with E-state index < -0.39 is 0 Å². The first-order valence-electron chi connectivity index (χ1n) is 9.20. The van der Waals surface area contributed by atoms with Gasteiger partial charge in [-0.25, -0.2) is 4.98 Å². The van der Waals surface area contributed by atoms with Crippen molar-refractivity contribution in [2.75, 3.05) is 49.2 Å². The zero-order valence-corrected chi connectivity index (χ0v) is 14.5. The SMILES string of the molecule is c1ccc(N2CCC[C@H](Cc3ccc(N4CCOCC4)nn3)C2)nc1. The molecule has 1 atom stereocenters. The van der Waals surface area contributed by atoms with Gasteiger partial charge in [-0.05, 0) is 49.4 Å². The minimum Gasteiger partial charge on any atom is -0.378 e. The second-order valence-corrected chi connectivity index (χ2v) is 6.83. The van der Waals surface area contributed by atoms with Crippen LogP contribution in [-0.4, -0.2) is 54.6 Å². The van der Waals surface area contributed by atoms with Gasteiger partial charge < -0.3 is 14.5 Å². The van der Waals surface area contributed by atoms with Crippen molar-refractivity contribution in [1.82, 2.24) is 15.2 Å². The third kappa shape index (κ3) is 4.07. The number of nitrogens with zero attached hydrogens (tertiary/aromatic N) is 5. The maximum atomic E-state index is 5.39. The van der Waals surface area contributed by atoms with Crippen molar-refractivity contribution in [2.24, 2.45) is 5.92 Å². The van der Waals surface area contributed by atoms with Crippen LogP contribution in [0.5, 0.6) is 0 Å². The summed E-state index contributed by atoms with van der Waals surface area (Å²) in [5.41, 5.74) is 1.09. The van der Waals surface area contributed by atoms with E-state index in [2.05, 4.69) is 49.2 Å². The van der Waals surface area contributed by atoms with Crippen LogP contribution in [0.4, 0.5) is 11.6 Å². The molecule has 0 saturated carbocycles. The zero-order valence-electron chi connectivity index (χ0n) is 14.5. The molecular formula is C19H25N5O. The first kappa shape index (κ1) is 16.3. The van der Waals surface area contributed by atoms with E-state index in [0.29, 0.717) is 5.92 Å². The molecule has 0 aromatic carbocycles. The summed E-state index contributed by atoms with van der Waals surface area (Å²) >= 11 is 0. The Hall–Kier alpha value is -2.21. The lowest BCUT2D eigenvalue weighted by Crippen LogP contribution is -2.37. The smallest absolute Gasteiger partial charge is 0.151 e. The van der Waals surface area contributed by atoms with E-state index in [4.69, 9.17) is 4.74 Å². The number of ether oxygens (including phenoxy) is 1. The Bertz CT molecular complexity index is 657. The van der Waals surface area contributed by atoms with Gasteiger partial charge in [-0.2, -0.15) is 5.10 Å². The van der Waals surface area contributed by atoms with Gasteiger partial charge in [-0.3, -0.25) is 0 Å². The molecule has 25 heavy (non-hydrogen) atoms. The second-order valence-electron chi connectivity index (χ2n) is 6.83. The molecule has 6 nitrogen and oxygen atoms in total. The molecule has 132 valence electrons. The van der Waals surface area contributed by atoms with E-state index in [-0.39, 0.29) is 0 Å². The van der Waals surface area contributed by atoms with Gasteiger partial charge in [-0.15, -0.1) is 5.10 Å². The highest BCUT2D eigenvalue weighted by Crippen LogP contribution is 2.24. The van der Waals surface area contributed by atoms with Gasteiger partial charge in [-0.1, -0.05) is 6.07 Å². The summed E-state index contributed by atoms with van der Waals surface area (Å²) in [5.74, 6) is 2.66. The van der Waals surface area contributed by atoms with E-state index in [1.165, 1.54) is 12.8 Å². The van der Waals surface area contributed by atoms with Gasteiger partial charge in [0.1, 0.15) is 5.82 Å². The van der Waals surface area contributed by atoms with E-state index in [0.717, 1.165) is 63.1 Å². The largest absolute Gasteiger partial charge is 0.378 e. The predicted molar refractivity (Wildman–Crippen MR) is 97.9 cm³/mol. The van der Waals surface area contributed by atoms with Crippen molar-refractivity contribution in [2.45, 2.75) is 19.3 Å². The fraction of sp³-hybridized carbons (Fsp3) is 0.526. The highest BCUT2D eigenvalue weighted by Gasteiger charge is 2.22. The standard InChI is InChI=1S/C19H25N5O/c1-2-8-20-18(5-1)24-9-3-4-16(15-24)14-17-6-7-19(22-21-17)23-10-12-25-13-11-23/h1-2,5-8,16H,3-4,9-15H2/t16-/m1/s1. The fourth-order valence-electron chi connectivity index (χ4n) is 3.70. The van der Waals surface area contributed by atoms with Crippen molar-refractivity contribution >= 4 is 11.6 Å². The molecule has 0 spiro atoms. The summed E-state index contributed by atoms with van der Waals surface area (Å²) in [6, 6.07) is 10.4. The van der Waals surface area contributed by atoms with Gasteiger partial charge in [0.25, 0.3) is 0 Å². The minimum atomic E-state index is 0.610. The number of hydrogen-bond acceptors (Lipinski definition) is 6. The maximum Gasteiger partial charge on any atom is 0.151 e. The Kier molecular flexibility index (Phi) is 5.06. The molecule has 6 heteroatoms. The van der Waals surface area contributed by atoms with Crippen LogP contribution in [0.2, 0.25) is 0 Å². The minimum absolute atomic E-state index is 0.610. The number of aromatic nitrogens is 3. The zero-order chi connectivity index (χ0) is 16.9. The van der Waals surface area contributed by atoms with Crippen LogP contribution in [0.15, 0.2) is 36.5 Å². The van der Waals surface area contributed by atoms with E-state index in [1.54, 1.807) is 0 Å². The van der Waals surface area contributed by atoms with Gasteiger partial charge in [0.15, 0.2) is 5.82 Å². The Labute approximate surface area is 148 Å². The number of anilines is 2. The molecule has 0 bridgehead atoms. The molecule has 0 unspecified atom stereocenters. The average molecular weight is 339 g/mol. The first-order chi connectivity index (χ1) is 12.4. The van der Waals surface area contributed by atoms with Crippen LogP contribution >= 0.6 is 0 Å². The number of morpholine rings is 1. The number of hydrogen-bond donors (Lipinski definition) is 0. The summed E-state index contributed by atoms with van der Waals surface area (Å²) in [6.07, 6.45) is 5.31. The molecule has 2 fully saturated rings. The van der Waals surface area contributed by atoms with Crippen molar-refractivity contribution in [3.05, 3.63) is 42.2 Å². The van der Waals surface area contributed by atoms with Gasteiger partial charge in [0, 0.05) is 32.4 Å². The van der Waals surface area contributed by atoms with E-state index in [1.807, 2.05) is 12.3 Å². The Morgan fingerprint density at radius 2 is 1.88 bits per heavy atom. The van der Waals surface area contributed by atoms with Crippen LogP contribution in [-0.2, 0) is 11.2 Å². The van der Waals surface area contributed by atoms with Crippen LogP contribution < -0.4 is 9.80 Å². The van der Waals surface area contributed by atoms with Crippen LogP contribution in [0, 0.1) is 5.92 Å². The van der Waals surface area contributed by atoms with Crippen molar-refractivity contribution < 1.29 is 4.74 Å². The number of rotatable bonds is 4. The lowest BCUT2D eigenvalue weighted by Gasteiger charge is -2.33. The predicted octanol–water partition coefficient (Wildman–Crippen LogP) is 2.17. The van der Waals surface area contributed by atoms with Crippen LogP contribution in [0.1, 0.15) is 18.5 Å². The summed E-state index contributed by atoms with van der Waals surface area (Å²) in [6.45, 7) is 5.48. The lowest BCUT2D eigenvalue weighted by atomic mass is 9.93. The van der Waals surface area contributed by atoms with Crippen molar-refractivity contribution in [3.63, 3.8) is 0 Å². The van der Waals surface area contributed by atoms with Crippen molar-refractivity contribution in [3.8, 4) is 0 Å². The van der Waals surface area contributed by atoms with Crippen LogP contribution in [0.3, 0.4) is 0 Å². The lowest BCUT2D eigenvalue weighted by molar-refractivity contribution is 0.122. The molecule has 2 saturated heterocycles. The van der Waals surface area contributed by atoms with E-state index in [9.17, 15) is 0 Å². The molecule has 2 aliphatic heterocycles. The highest BCUT2D eigenvalue weighted by atomic mass is 16.5. The third-order valence-corrected chi connectivity index (χ3v) is 5.03. The molecule has 2 aromatic heterocycles. The van der Waals surface area contributed by atoms with Gasteiger partial charge in [0.2, 0.25) is 0 Å². The Morgan fingerprint density at radius 3 is 2.64 bits per heavy atom.